The molecule has 26 heavy (non-hydrogen) atoms. The molecule has 2 aromatic carbocycles. The van der Waals surface area contributed by atoms with Crippen LogP contribution < -0.4 is 9.47 Å². The van der Waals surface area contributed by atoms with Gasteiger partial charge in [0, 0.05) is 39.0 Å². The first-order chi connectivity index (χ1) is 12.3. The fourth-order valence-corrected chi connectivity index (χ4v) is 3.69. The molecule has 0 aromatic heterocycles. The summed E-state index contributed by atoms with van der Waals surface area (Å²) >= 11 is 18.6. The van der Waals surface area contributed by atoms with Gasteiger partial charge in [-0.1, -0.05) is 41.4 Å². The minimum absolute atomic E-state index is 0.0461. The number of fused-ring (bicyclic) bond motifs is 1. The Morgan fingerprint density at radius 3 is 2.54 bits per heavy atom. The second kappa shape index (κ2) is 7.78. The molecule has 1 aliphatic heterocycles. The van der Waals surface area contributed by atoms with E-state index in [4.69, 9.17) is 49.4 Å². The van der Waals surface area contributed by atoms with Crippen LogP contribution in [-0.2, 0) is 24.2 Å². The third kappa shape index (κ3) is 4.26. The summed E-state index contributed by atoms with van der Waals surface area (Å²) in [6, 6.07) is 6.87. The van der Waals surface area contributed by atoms with Crippen molar-refractivity contribution in [1.82, 2.24) is 0 Å². The van der Waals surface area contributed by atoms with Crippen molar-refractivity contribution in [3.05, 3.63) is 68.4 Å². The van der Waals surface area contributed by atoms with E-state index < -0.39 is 5.97 Å². The first-order valence-electron chi connectivity index (χ1n) is 7.83. The van der Waals surface area contributed by atoms with Gasteiger partial charge >= 0.3 is 5.97 Å². The molecular weight excluding hydrogens is 399 g/mol. The lowest BCUT2D eigenvalue weighted by molar-refractivity contribution is -0.136. The zero-order valence-electron chi connectivity index (χ0n) is 13.7. The number of carboxylic acids is 1. The number of carboxylic acid groups (broad SMARTS) is 1. The van der Waals surface area contributed by atoms with Crippen LogP contribution >= 0.6 is 34.8 Å². The molecule has 3 rings (SSSR count). The second-order valence-corrected chi connectivity index (χ2v) is 7.17. The molecule has 0 atom stereocenters. The Morgan fingerprint density at radius 1 is 1.19 bits per heavy atom. The maximum Gasteiger partial charge on any atom is 0.303 e. The van der Waals surface area contributed by atoms with Gasteiger partial charge in [-0.25, -0.2) is 0 Å². The molecule has 1 N–H and O–H groups in total. The summed E-state index contributed by atoms with van der Waals surface area (Å²) < 4.78 is 11.5. The number of hydrogen-bond donors (Lipinski definition) is 1. The van der Waals surface area contributed by atoms with E-state index in [0.29, 0.717) is 38.6 Å². The van der Waals surface area contributed by atoms with Gasteiger partial charge in [-0.05, 0) is 36.2 Å². The lowest BCUT2D eigenvalue weighted by Crippen LogP contribution is -2.01. The number of allylic oxidation sites excluding steroid dienone is 1. The van der Waals surface area contributed by atoms with Gasteiger partial charge in [0.15, 0.2) is 0 Å². The van der Waals surface area contributed by atoms with E-state index in [1.54, 1.807) is 18.2 Å². The molecule has 0 saturated heterocycles. The Kier molecular flexibility index (Phi) is 5.66. The number of benzene rings is 2. The maximum absolute atomic E-state index is 10.7. The van der Waals surface area contributed by atoms with Gasteiger partial charge in [0.2, 0.25) is 0 Å². The van der Waals surface area contributed by atoms with Crippen LogP contribution in [-0.4, -0.2) is 11.1 Å². The molecule has 0 aliphatic carbocycles. The third-order valence-electron chi connectivity index (χ3n) is 3.94. The van der Waals surface area contributed by atoms with Crippen molar-refractivity contribution in [2.45, 2.75) is 25.9 Å². The van der Waals surface area contributed by atoms with Crippen LogP contribution in [0.4, 0.5) is 0 Å². The molecule has 2 aromatic rings. The van der Waals surface area contributed by atoms with Crippen LogP contribution in [0.15, 0.2) is 36.6 Å². The number of halogens is 3. The van der Waals surface area contributed by atoms with E-state index in [1.807, 2.05) is 6.07 Å². The summed E-state index contributed by atoms with van der Waals surface area (Å²) in [7, 11) is 0. The Labute approximate surface area is 165 Å². The standard InChI is InChI=1S/C19H15Cl3O4/c1-10-4-11-5-13(20)6-12(19(11)26-10)9-25-14-7-16(21)15(17(22)8-14)2-3-18(23)24/h5-8H,1-4,9H2,(H,23,24). The average molecular weight is 414 g/mol. The molecule has 0 bridgehead atoms. The Morgan fingerprint density at radius 2 is 1.88 bits per heavy atom. The number of ether oxygens (including phenoxy) is 2. The highest BCUT2D eigenvalue weighted by molar-refractivity contribution is 6.36. The summed E-state index contributed by atoms with van der Waals surface area (Å²) in [6.07, 6.45) is 0.833. The van der Waals surface area contributed by atoms with E-state index in [9.17, 15) is 4.79 Å². The summed E-state index contributed by atoms with van der Waals surface area (Å²) in [4.78, 5) is 10.7. The number of hydrogen-bond acceptors (Lipinski definition) is 3. The average Bonchev–Trinajstić information content (AvgIpc) is 2.91. The Balaban J connectivity index is 1.77. The first kappa shape index (κ1) is 18.9. The van der Waals surface area contributed by atoms with Gasteiger partial charge in [-0.15, -0.1) is 0 Å². The predicted octanol–water partition coefficient (Wildman–Crippen LogP) is 5.69. The van der Waals surface area contributed by atoms with Crippen molar-refractivity contribution in [3.63, 3.8) is 0 Å². The molecule has 0 saturated carbocycles. The quantitative estimate of drug-likeness (QED) is 0.661. The van der Waals surface area contributed by atoms with Gasteiger partial charge in [0.05, 0.1) is 0 Å². The molecule has 1 heterocycles. The third-order valence-corrected chi connectivity index (χ3v) is 4.83. The largest absolute Gasteiger partial charge is 0.489 e. The van der Waals surface area contributed by atoms with Crippen molar-refractivity contribution in [2.24, 2.45) is 0 Å². The van der Waals surface area contributed by atoms with Gasteiger partial charge in [-0.2, -0.15) is 0 Å². The van der Waals surface area contributed by atoms with Gasteiger partial charge in [0.25, 0.3) is 0 Å². The molecule has 0 spiro atoms. The van der Waals surface area contributed by atoms with Crippen LogP contribution in [0.2, 0.25) is 15.1 Å². The van der Waals surface area contributed by atoms with E-state index >= 15 is 0 Å². The fraction of sp³-hybridized carbons (Fsp3) is 0.211. The molecule has 4 nitrogen and oxygen atoms in total. The molecule has 1 aliphatic rings. The number of aliphatic carboxylic acids is 1. The minimum atomic E-state index is -0.908. The van der Waals surface area contributed by atoms with Crippen LogP contribution in [0.25, 0.3) is 0 Å². The molecule has 0 unspecified atom stereocenters. The van der Waals surface area contributed by atoms with Crippen LogP contribution in [0, 0.1) is 0 Å². The Hall–Kier alpha value is -1.88. The molecule has 0 amide bonds. The van der Waals surface area contributed by atoms with E-state index in [0.717, 1.165) is 16.9 Å². The fourth-order valence-electron chi connectivity index (χ4n) is 2.77. The summed E-state index contributed by atoms with van der Waals surface area (Å²) in [5, 5.41) is 10.1. The molecular formula is C19H15Cl3O4. The lowest BCUT2D eigenvalue weighted by atomic mass is 10.1. The number of carbonyl (C=O) groups is 1. The van der Waals surface area contributed by atoms with E-state index in [2.05, 4.69) is 6.58 Å². The summed E-state index contributed by atoms with van der Waals surface area (Å²) in [5.74, 6) is 0.950. The van der Waals surface area contributed by atoms with Crippen LogP contribution in [0.5, 0.6) is 11.5 Å². The van der Waals surface area contributed by atoms with Crippen LogP contribution in [0.1, 0.15) is 23.1 Å². The van der Waals surface area contributed by atoms with Gasteiger partial charge < -0.3 is 14.6 Å². The zero-order valence-corrected chi connectivity index (χ0v) is 15.9. The highest BCUT2D eigenvalue weighted by Gasteiger charge is 2.21. The molecule has 0 fully saturated rings. The van der Waals surface area contributed by atoms with Gasteiger partial charge in [-0.3, -0.25) is 4.79 Å². The highest BCUT2D eigenvalue weighted by Crippen LogP contribution is 2.37. The number of rotatable bonds is 6. The molecule has 0 radical (unpaired) electrons. The summed E-state index contributed by atoms with van der Waals surface area (Å²) in [5.41, 5.74) is 2.36. The van der Waals surface area contributed by atoms with Crippen molar-refractivity contribution in [3.8, 4) is 11.5 Å². The zero-order chi connectivity index (χ0) is 18.8. The van der Waals surface area contributed by atoms with Crippen LogP contribution in [0.3, 0.4) is 0 Å². The van der Waals surface area contributed by atoms with E-state index in [-0.39, 0.29) is 19.4 Å². The molecule has 7 heteroatoms. The highest BCUT2D eigenvalue weighted by atomic mass is 35.5. The predicted molar refractivity (Wildman–Crippen MR) is 102 cm³/mol. The smallest absolute Gasteiger partial charge is 0.303 e. The Bertz CT molecular complexity index is 870. The monoisotopic (exact) mass is 412 g/mol. The molecule has 136 valence electrons. The summed E-state index contributed by atoms with van der Waals surface area (Å²) in [6.45, 7) is 4.06. The van der Waals surface area contributed by atoms with Crippen molar-refractivity contribution in [1.29, 1.82) is 0 Å². The maximum atomic E-state index is 10.7. The SMILES string of the molecule is C=C1Cc2cc(Cl)cc(COc3cc(Cl)c(CCC(=O)O)c(Cl)c3)c2O1. The normalized spacial score (nSPS) is 12.7. The van der Waals surface area contributed by atoms with Crippen molar-refractivity contribution < 1.29 is 19.4 Å². The van der Waals surface area contributed by atoms with Gasteiger partial charge in [0.1, 0.15) is 23.9 Å². The minimum Gasteiger partial charge on any atom is -0.489 e. The lowest BCUT2D eigenvalue weighted by Gasteiger charge is -2.13. The first-order valence-corrected chi connectivity index (χ1v) is 8.96. The van der Waals surface area contributed by atoms with Crippen molar-refractivity contribution >= 4 is 40.8 Å². The van der Waals surface area contributed by atoms with Crippen molar-refractivity contribution in [2.75, 3.05) is 0 Å². The second-order valence-electron chi connectivity index (χ2n) is 5.92. The van der Waals surface area contributed by atoms with E-state index in [1.165, 1.54) is 0 Å². The topological polar surface area (TPSA) is 55.8 Å².